The number of rotatable bonds is 5. The summed E-state index contributed by atoms with van der Waals surface area (Å²) in [5, 5.41) is 18.9. The van der Waals surface area contributed by atoms with Crippen molar-refractivity contribution < 1.29 is 24.5 Å². The molecule has 2 aromatic carbocycles. The third kappa shape index (κ3) is 3.38. The first-order chi connectivity index (χ1) is 10.5. The molecular weight excluding hydrogens is 284 g/mol. The number of phenols is 2. The van der Waals surface area contributed by atoms with Gasteiger partial charge in [-0.25, -0.2) is 0 Å². The third-order valence-corrected chi connectivity index (χ3v) is 3.10. The number of methoxy groups -OCH3 is 2. The summed E-state index contributed by atoms with van der Waals surface area (Å²) in [6, 6.07) is 9.02. The van der Waals surface area contributed by atoms with Crippen molar-refractivity contribution >= 4 is 11.9 Å². The lowest BCUT2D eigenvalue weighted by molar-refractivity contribution is 0.104. The van der Waals surface area contributed by atoms with Gasteiger partial charge in [-0.2, -0.15) is 0 Å². The van der Waals surface area contributed by atoms with Crippen molar-refractivity contribution in [2.75, 3.05) is 14.2 Å². The summed E-state index contributed by atoms with van der Waals surface area (Å²) in [5.41, 5.74) is 0.874. The van der Waals surface area contributed by atoms with Crippen LogP contribution in [0.3, 0.4) is 0 Å². The summed E-state index contributed by atoms with van der Waals surface area (Å²) < 4.78 is 10.3. The molecule has 0 bridgehead atoms. The molecule has 0 saturated carbocycles. The molecule has 22 heavy (non-hydrogen) atoms. The Balaban J connectivity index is 2.23. The first kappa shape index (κ1) is 15.4. The Morgan fingerprint density at radius 3 is 2.36 bits per heavy atom. The Morgan fingerprint density at radius 1 is 1.00 bits per heavy atom. The molecule has 0 aromatic heterocycles. The predicted octanol–water partition coefficient (Wildman–Crippen LogP) is 3.01. The molecule has 0 heterocycles. The van der Waals surface area contributed by atoms with Gasteiger partial charge in [0.25, 0.3) is 0 Å². The van der Waals surface area contributed by atoms with Gasteiger partial charge in [0.15, 0.2) is 17.3 Å². The lowest BCUT2D eigenvalue weighted by atomic mass is 10.1. The quantitative estimate of drug-likeness (QED) is 0.655. The number of ether oxygens (including phenoxy) is 2. The molecule has 5 nitrogen and oxygen atoms in total. The highest BCUT2D eigenvalue weighted by molar-refractivity contribution is 6.07. The average Bonchev–Trinajstić information content (AvgIpc) is 2.53. The Bertz CT molecular complexity index is 719. The van der Waals surface area contributed by atoms with Crippen LogP contribution in [0, 0.1) is 0 Å². The minimum absolute atomic E-state index is 0.0409. The molecule has 2 aromatic rings. The fraction of sp³-hybridized carbons (Fsp3) is 0.118. The van der Waals surface area contributed by atoms with Crippen LogP contribution >= 0.6 is 0 Å². The summed E-state index contributed by atoms with van der Waals surface area (Å²) in [6.45, 7) is 0. The molecule has 0 unspecified atom stereocenters. The van der Waals surface area contributed by atoms with Crippen molar-refractivity contribution in [1.82, 2.24) is 0 Å². The van der Waals surface area contributed by atoms with E-state index < -0.39 is 0 Å². The van der Waals surface area contributed by atoms with E-state index in [1.54, 1.807) is 18.2 Å². The van der Waals surface area contributed by atoms with Gasteiger partial charge in [-0.1, -0.05) is 0 Å². The lowest BCUT2D eigenvalue weighted by Crippen LogP contribution is -1.97. The van der Waals surface area contributed by atoms with Crippen molar-refractivity contribution in [2.24, 2.45) is 0 Å². The molecule has 2 rings (SSSR count). The van der Waals surface area contributed by atoms with Crippen LogP contribution in [0.15, 0.2) is 42.5 Å². The van der Waals surface area contributed by atoms with Crippen molar-refractivity contribution in [3.63, 3.8) is 0 Å². The van der Waals surface area contributed by atoms with E-state index in [0.29, 0.717) is 22.6 Å². The first-order valence-corrected chi connectivity index (χ1v) is 6.51. The first-order valence-electron chi connectivity index (χ1n) is 6.51. The molecule has 0 radical (unpaired) electrons. The van der Waals surface area contributed by atoms with Crippen LogP contribution in [-0.2, 0) is 0 Å². The Morgan fingerprint density at radius 2 is 1.73 bits per heavy atom. The van der Waals surface area contributed by atoms with E-state index >= 15 is 0 Å². The van der Waals surface area contributed by atoms with Crippen molar-refractivity contribution in [3.8, 4) is 23.0 Å². The van der Waals surface area contributed by atoms with Gasteiger partial charge >= 0.3 is 0 Å². The van der Waals surface area contributed by atoms with E-state index in [1.807, 2.05) is 0 Å². The minimum Gasteiger partial charge on any atom is -0.508 e. The predicted molar refractivity (Wildman–Crippen MR) is 82.7 cm³/mol. The summed E-state index contributed by atoms with van der Waals surface area (Å²) in [5.74, 6) is 0.624. The largest absolute Gasteiger partial charge is 0.508 e. The fourth-order valence-corrected chi connectivity index (χ4v) is 1.92. The molecule has 114 valence electrons. The van der Waals surface area contributed by atoms with Gasteiger partial charge in [0.1, 0.15) is 11.5 Å². The number of benzene rings is 2. The van der Waals surface area contributed by atoms with Gasteiger partial charge in [-0.3, -0.25) is 4.79 Å². The molecule has 0 amide bonds. The number of aromatic hydroxyl groups is 2. The highest BCUT2D eigenvalue weighted by Crippen LogP contribution is 2.28. The van der Waals surface area contributed by atoms with Crippen LogP contribution in [0.4, 0.5) is 0 Å². The number of ketones is 1. The normalized spacial score (nSPS) is 10.6. The summed E-state index contributed by atoms with van der Waals surface area (Å²) >= 11 is 0. The highest BCUT2D eigenvalue weighted by atomic mass is 16.5. The average molecular weight is 300 g/mol. The van der Waals surface area contributed by atoms with Crippen LogP contribution in [-0.4, -0.2) is 30.2 Å². The molecule has 0 aliphatic heterocycles. The van der Waals surface area contributed by atoms with Crippen LogP contribution < -0.4 is 9.47 Å². The Kier molecular flexibility index (Phi) is 4.68. The molecule has 5 heteroatoms. The maximum Gasteiger partial charge on any atom is 0.185 e. The number of carbonyl (C=O) groups excluding carboxylic acids is 1. The summed E-state index contributed by atoms with van der Waals surface area (Å²) in [7, 11) is 3.02. The number of allylic oxidation sites excluding steroid dienone is 1. The number of hydrogen-bond acceptors (Lipinski definition) is 5. The minimum atomic E-state index is -0.242. The van der Waals surface area contributed by atoms with Gasteiger partial charge in [0.05, 0.1) is 14.2 Å². The van der Waals surface area contributed by atoms with E-state index in [2.05, 4.69) is 0 Å². The Labute approximate surface area is 128 Å². The molecule has 0 aliphatic rings. The Hall–Kier alpha value is -2.95. The molecule has 0 spiro atoms. The van der Waals surface area contributed by atoms with Gasteiger partial charge in [0, 0.05) is 17.2 Å². The third-order valence-electron chi connectivity index (χ3n) is 3.10. The van der Waals surface area contributed by atoms with Crippen molar-refractivity contribution in [1.29, 1.82) is 0 Å². The lowest BCUT2D eigenvalue weighted by Gasteiger charge is -2.08. The van der Waals surface area contributed by atoms with Crippen LogP contribution in [0.1, 0.15) is 15.9 Å². The van der Waals surface area contributed by atoms with Crippen molar-refractivity contribution in [2.45, 2.75) is 0 Å². The SMILES string of the molecule is COc1ccc(C(=O)/C=C/c2ccc(O)cc2O)cc1OC. The molecule has 0 fully saturated rings. The van der Waals surface area contributed by atoms with E-state index in [-0.39, 0.29) is 17.3 Å². The molecule has 0 atom stereocenters. The highest BCUT2D eigenvalue weighted by Gasteiger charge is 2.09. The fourth-order valence-electron chi connectivity index (χ4n) is 1.92. The summed E-state index contributed by atoms with van der Waals surface area (Å²) in [6.07, 6.45) is 2.82. The van der Waals surface area contributed by atoms with Crippen molar-refractivity contribution in [3.05, 3.63) is 53.6 Å². The molecular formula is C17H16O5. The van der Waals surface area contributed by atoms with Gasteiger partial charge in [0.2, 0.25) is 0 Å². The van der Waals surface area contributed by atoms with Gasteiger partial charge in [-0.15, -0.1) is 0 Å². The smallest absolute Gasteiger partial charge is 0.185 e. The topological polar surface area (TPSA) is 76.0 Å². The van der Waals surface area contributed by atoms with Crippen LogP contribution in [0.2, 0.25) is 0 Å². The molecule has 2 N–H and O–H groups in total. The van der Waals surface area contributed by atoms with E-state index in [4.69, 9.17) is 9.47 Å². The maximum absolute atomic E-state index is 12.1. The van der Waals surface area contributed by atoms with Gasteiger partial charge in [-0.05, 0) is 42.5 Å². The van der Waals surface area contributed by atoms with E-state index in [0.717, 1.165) is 0 Å². The zero-order chi connectivity index (χ0) is 16.1. The van der Waals surface area contributed by atoms with Crippen LogP contribution in [0.5, 0.6) is 23.0 Å². The van der Waals surface area contributed by atoms with Crippen LogP contribution in [0.25, 0.3) is 6.08 Å². The van der Waals surface area contributed by atoms with E-state index in [9.17, 15) is 15.0 Å². The number of hydrogen-bond donors (Lipinski definition) is 2. The second-order valence-electron chi connectivity index (χ2n) is 4.51. The summed E-state index contributed by atoms with van der Waals surface area (Å²) in [4.78, 5) is 12.1. The zero-order valence-corrected chi connectivity index (χ0v) is 12.2. The number of phenolic OH excluding ortho intramolecular Hbond substituents is 2. The molecule has 0 aliphatic carbocycles. The maximum atomic E-state index is 12.1. The second-order valence-corrected chi connectivity index (χ2v) is 4.51. The zero-order valence-electron chi connectivity index (χ0n) is 12.2. The second kappa shape index (κ2) is 6.67. The number of carbonyl (C=O) groups is 1. The van der Waals surface area contributed by atoms with Gasteiger partial charge < -0.3 is 19.7 Å². The van der Waals surface area contributed by atoms with E-state index in [1.165, 1.54) is 44.6 Å². The molecule has 0 saturated heterocycles. The standard InChI is InChI=1S/C17H16O5/c1-21-16-8-5-12(9-17(16)22-2)14(19)7-4-11-3-6-13(18)10-15(11)20/h3-10,18,20H,1-2H3/b7-4+. The monoisotopic (exact) mass is 300 g/mol.